The second kappa shape index (κ2) is 6.49. The Bertz CT molecular complexity index is 984. The number of sulfonamides is 1. The summed E-state index contributed by atoms with van der Waals surface area (Å²) in [7, 11) is -2.00. The molecule has 0 radical (unpaired) electrons. The van der Waals surface area contributed by atoms with E-state index in [4.69, 9.17) is 8.94 Å². The highest BCUT2D eigenvalue weighted by molar-refractivity contribution is 7.89. The maximum atomic E-state index is 12.9. The number of aromatic nitrogens is 3. The highest BCUT2D eigenvalue weighted by atomic mass is 32.2. The molecule has 0 saturated heterocycles. The van der Waals surface area contributed by atoms with Crippen molar-refractivity contribution in [2.24, 2.45) is 7.05 Å². The van der Waals surface area contributed by atoms with Crippen molar-refractivity contribution >= 4 is 10.0 Å². The SMILES string of the molecule is CCc1noc(-c2c(S(=O)(=O)NCc3ccco3)c(C)n(C)c2C)n1. The Morgan fingerprint density at radius 1 is 1.28 bits per heavy atom. The standard InChI is InChI=1S/C16H20N4O4S/c1-5-13-18-16(24-19-13)14-10(2)20(4)11(3)15(14)25(21,22)17-9-12-7-6-8-23-12/h6-8,17H,5,9H2,1-4H3. The minimum absolute atomic E-state index is 0.0617. The lowest BCUT2D eigenvalue weighted by atomic mass is 10.2. The molecule has 9 heteroatoms. The lowest BCUT2D eigenvalue weighted by Gasteiger charge is -2.07. The number of nitrogens with one attached hydrogen (secondary N) is 1. The van der Waals surface area contributed by atoms with Crippen LogP contribution in [0.1, 0.15) is 29.9 Å². The van der Waals surface area contributed by atoms with Crippen molar-refractivity contribution < 1.29 is 17.4 Å². The molecule has 0 aliphatic heterocycles. The molecule has 8 nitrogen and oxygen atoms in total. The van der Waals surface area contributed by atoms with Crippen LogP contribution in [0, 0.1) is 13.8 Å². The second-order valence-electron chi connectivity index (χ2n) is 5.71. The van der Waals surface area contributed by atoms with E-state index in [1.54, 1.807) is 30.7 Å². The lowest BCUT2D eigenvalue weighted by Crippen LogP contribution is -2.24. The van der Waals surface area contributed by atoms with Crippen LogP contribution >= 0.6 is 0 Å². The molecular formula is C16H20N4O4S. The van der Waals surface area contributed by atoms with Gasteiger partial charge in [0, 0.05) is 24.9 Å². The van der Waals surface area contributed by atoms with Crippen LogP contribution in [-0.4, -0.2) is 23.1 Å². The van der Waals surface area contributed by atoms with Gasteiger partial charge in [0.15, 0.2) is 5.82 Å². The van der Waals surface area contributed by atoms with Crippen LogP contribution in [-0.2, 0) is 30.0 Å². The smallest absolute Gasteiger partial charge is 0.261 e. The number of furan rings is 1. The first-order valence-corrected chi connectivity index (χ1v) is 9.34. The normalized spacial score (nSPS) is 12.0. The average molecular weight is 364 g/mol. The summed E-state index contributed by atoms with van der Waals surface area (Å²) in [6, 6.07) is 3.41. The van der Waals surface area contributed by atoms with Gasteiger partial charge in [0.1, 0.15) is 10.7 Å². The Labute approximate surface area is 145 Å². The lowest BCUT2D eigenvalue weighted by molar-refractivity contribution is 0.422. The summed E-state index contributed by atoms with van der Waals surface area (Å²) in [5, 5.41) is 3.88. The van der Waals surface area contributed by atoms with Gasteiger partial charge in [0.25, 0.3) is 5.89 Å². The van der Waals surface area contributed by atoms with Gasteiger partial charge in [-0.3, -0.25) is 0 Å². The Hall–Kier alpha value is -2.39. The fourth-order valence-corrected chi connectivity index (χ4v) is 4.15. The average Bonchev–Trinajstić information content (AvgIpc) is 3.30. The molecular weight excluding hydrogens is 344 g/mol. The summed E-state index contributed by atoms with van der Waals surface area (Å²) in [6.07, 6.45) is 2.10. The van der Waals surface area contributed by atoms with E-state index >= 15 is 0 Å². The topological polar surface area (TPSA) is 103 Å². The summed E-state index contributed by atoms with van der Waals surface area (Å²) in [5.74, 6) is 1.26. The number of hydrogen-bond donors (Lipinski definition) is 1. The summed E-state index contributed by atoms with van der Waals surface area (Å²) in [4.78, 5) is 4.44. The summed E-state index contributed by atoms with van der Waals surface area (Å²) in [6.45, 7) is 5.53. The first-order valence-electron chi connectivity index (χ1n) is 7.86. The van der Waals surface area contributed by atoms with E-state index in [9.17, 15) is 8.42 Å². The molecule has 0 aromatic carbocycles. The largest absolute Gasteiger partial charge is 0.468 e. The van der Waals surface area contributed by atoms with Crippen LogP contribution in [0.25, 0.3) is 11.5 Å². The molecule has 0 atom stereocenters. The monoisotopic (exact) mass is 364 g/mol. The molecule has 0 fully saturated rings. The minimum atomic E-state index is -3.80. The van der Waals surface area contributed by atoms with Gasteiger partial charge in [-0.2, -0.15) is 4.98 Å². The fraction of sp³-hybridized carbons (Fsp3) is 0.375. The van der Waals surface area contributed by atoms with Crippen molar-refractivity contribution in [2.75, 3.05) is 0 Å². The van der Waals surface area contributed by atoms with Crippen LogP contribution in [0.15, 0.2) is 32.2 Å². The van der Waals surface area contributed by atoms with E-state index in [1.807, 2.05) is 13.8 Å². The second-order valence-corrected chi connectivity index (χ2v) is 7.41. The molecule has 3 heterocycles. The van der Waals surface area contributed by atoms with E-state index in [1.165, 1.54) is 6.26 Å². The quantitative estimate of drug-likeness (QED) is 0.720. The third-order valence-corrected chi connectivity index (χ3v) is 5.77. The van der Waals surface area contributed by atoms with E-state index in [2.05, 4.69) is 14.9 Å². The van der Waals surface area contributed by atoms with Crippen molar-refractivity contribution in [3.05, 3.63) is 41.4 Å². The van der Waals surface area contributed by atoms with E-state index in [0.29, 0.717) is 29.3 Å². The van der Waals surface area contributed by atoms with E-state index in [0.717, 1.165) is 5.69 Å². The molecule has 3 aromatic rings. The number of nitrogens with zero attached hydrogens (tertiary/aromatic N) is 3. The Morgan fingerprint density at radius 2 is 2.04 bits per heavy atom. The van der Waals surface area contributed by atoms with Gasteiger partial charge in [0.2, 0.25) is 10.0 Å². The zero-order valence-electron chi connectivity index (χ0n) is 14.5. The maximum Gasteiger partial charge on any atom is 0.261 e. The molecule has 0 aliphatic rings. The number of hydrogen-bond acceptors (Lipinski definition) is 6. The van der Waals surface area contributed by atoms with Crippen molar-refractivity contribution in [1.29, 1.82) is 0 Å². The molecule has 0 bridgehead atoms. The molecule has 3 rings (SSSR count). The fourth-order valence-electron chi connectivity index (χ4n) is 2.65. The first-order chi connectivity index (χ1) is 11.8. The van der Waals surface area contributed by atoms with Crippen molar-refractivity contribution in [3.8, 4) is 11.5 Å². The van der Waals surface area contributed by atoms with Crippen LogP contribution in [0.3, 0.4) is 0 Å². The van der Waals surface area contributed by atoms with Crippen LogP contribution in [0.2, 0.25) is 0 Å². The third kappa shape index (κ3) is 3.12. The highest BCUT2D eigenvalue weighted by Crippen LogP contribution is 2.34. The van der Waals surface area contributed by atoms with Crippen LogP contribution in [0.4, 0.5) is 0 Å². The molecule has 0 amide bonds. The molecule has 0 unspecified atom stereocenters. The molecule has 134 valence electrons. The van der Waals surface area contributed by atoms with Gasteiger partial charge < -0.3 is 13.5 Å². The Kier molecular flexibility index (Phi) is 4.53. The molecule has 0 aliphatic carbocycles. The third-order valence-electron chi connectivity index (χ3n) is 4.21. The van der Waals surface area contributed by atoms with E-state index < -0.39 is 10.0 Å². The first kappa shape index (κ1) is 17.4. The van der Waals surface area contributed by atoms with Gasteiger partial charge in [-0.1, -0.05) is 12.1 Å². The predicted octanol–water partition coefficient (Wildman–Crippen LogP) is 2.33. The van der Waals surface area contributed by atoms with Gasteiger partial charge in [-0.05, 0) is 26.0 Å². The Balaban J connectivity index is 2.06. The summed E-state index contributed by atoms with van der Waals surface area (Å²) < 4.78 is 40.7. The summed E-state index contributed by atoms with van der Waals surface area (Å²) in [5.41, 5.74) is 1.76. The molecule has 0 saturated carbocycles. The van der Waals surface area contributed by atoms with Gasteiger partial charge in [-0.25, -0.2) is 13.1 Å². The molecule has 1 N–H and O–H groups in total. The van der Waals surface area contributed by atoms with Gasteiger partial charge >= 0.3 is 0 Å². The number of aryl methyl sites for hydroxylation is 1. The van der Waals surface area contributed by atoms with Crippen LogP contribution in [0.5, 0.6) is 0 Å². The molecule has 25 heavy (non-hydrogen) atoms. The minimum Gasteiger partial charge on any atom is -0.468 e. The van der Waals surface area contributed by atoms with Gasteiger partial charge in [0.05, 0.1) is 18.4 Å². The molecule has 0 spiro atoms. The van der Waals surface area contributed by atoms with Crippen molar-refractivity contribution in [3.63, 3.8) is 0 Å². The zero-order valence-corrected chi connectivity index (χ0v) is 15.3. The number of rotatable bonds is 6. The van der Waals surface area contributed by atoms with E-state index in [-0.39, 0.29) is 17.3 Å². The zero-order chi connectivity index (χ0) is 18.2. The van der Waals surface area contributed by atoms with Crippen molar-refractivity contribution in [1.82, 2.24) is 19.4 Å². The van der Waals surface area contributed by atoms with Crippen LogP contribution < -0.4 is 4.72 Å². The summed E-state index contributed by atoms with van der Waals surface area (Å²) >= 11 is 0. The highest BCUT2D eigenvalue weighted by Gasteiger charge is 2.30. The maximum absolute atomic E-state index is 12.9. The van der Waals surface area contributed by atoms with Gasteiger partial charge in [-0.15, -0.1) is 0 Å². The van der Waals surface area contributed by atoms with Crippen molar-refractivity contribution in [2.45, 2.75) is 38.6 Å². The predicted molar refractivity (Wildman–Crippen MR) is 90.3 cm³/mol. The molecule has 3 aromatic heterocycles. The Morgan fingerprint density at radius 3 is 2.64 bits per heavy atom.